The summed E-state index contributed by atoms with van der Waals surface area (Å²) >= 11 is 14.2. The summed E-state index contributed by atoms with van der Waals surface area (Å²) in [5.74, 6) is 0.740. The van der Waals surface area contributed by atoms with Gasteiger partial charge in [0, 0.05) is 28.5 Å². The second kappa shape index (κ2) is 11.1. The van der Waals surface area contributed by atoms with Gasteiger partial charge in [-0.15, -0.1) is 10.2 Å². The number of aryl methyl sites for hydroxylation is 1. The lowest BCUT2D eigenvalue weighted by molar-refractivity contribution is -0.384. The molecule has 1 N–H and O–H groups in total. The molecule has 36 heavy (non-hydrogen) atoms. The number of hydrogen-bond donors (Lipinski definition) is 1. The Balaban J connectivity index is 1.64. The molecule has 0 fully saturated rings. The van der Waals surface area contributed by atoms with Gasteiger partial charge in [-0.3, -0.25) is 19.5 Å². The number of rotatable bonds is 8. The van der Waals surface area contributed by atoms with Gasteiger partial charge in [0.25, 0.3) is 11.6 Å². The molecule has 3 aromatic carbocycles. The van der Waals surface area contributed by atoms with E-state index in [4.69, 9.17) is 23.2 Å². The van der Waals surface area contributed by atoms with E-state index in [1.165, 1.54) is 47.2 Å². The summed E-state index contributed by atoms with van der Waals surface area (Å²) in [6.07, 6.45) is 0. The topological polar surface area (TPSA) is 103 Å². The molecular formula is C25H21Cl2N5O3S. The van der Waals surface area contributed by atoms with E-state index in [9.17, 15) is 14.9 Å². The fourth-order valence-electron chi connectivity index (χ4n) is 3.54. The molecule has 0 saturated heterocycles. The van der Waals surface area contributed by atoms with Crippen molar-refractivity contribution in [1.82, 2.24) is 20.1 Å². The quantitative estimate of drug-likeness (QED) is 0.153. The Labute approximate surface area is 221 Å². The summed E-state index contributed by atoms with van der Waals surface area (Å²) in [7, 11) is 0. The molecule has 8 nitrogen and oxygen atoms in total. The normalized spacial score (nSPS) is 11.8. The summed E-state index contributed by atoms with van der Waals surface area (Å²) in [5, 5.41) is 24.1. The number of halogens is 2. The highest BCUT2D eigenvalue weighted by Gasteiger charge is 2.23. The molecule has 1 aromatic heterocycles. The van der Waals surface area contributed by atoms with Crippen molar-refractivity contribution in [3.63, 3.8) is 0 Å². The zero-order valence-electron chi connectivity index (χ0n) is 19.3. The maximum atomic E-state index is 12.8. The number of carbonyl (C=O) groups is 1. The lowest BCUT2D eigenvalue weighted by Gasteiger charge is -2.17. The number of carbonyl (C=O) groups excluding carboxylic acids is 1. The van der Waals surface area contributed by atoms with Gasteiger partial charge in [0.2, 0.25) is 0 Å². The van der Waals surface area contributed by atoms with E-state index in [1.54, 1.807) is 25.1 Å². The molecule has 0 spiro atoms. The number of thioether (sulfide) groups is 1. The van der Waals surface area contributed by atoms with Crippen LogP contribution in [0, 0.1) is 17.0 Å². The van der Waals surface area contributed by atoms with Crippen LogP contribution in [-0.2, 0) is 5.75 Å². The first-order chi connectivity index (χ1) is 17.2. The summed E-state index contributed by atoms with van der Waals surface area (Å²) < 4.78 is 1.81. The molecule has 4 rings (SSSR count). The van der Waals surface area contributed by atoms with Crippen LogP contribution in [0.5, 0.6) is 0 Å². The van der Waals surface area contributed by atoms with Crippen molar-refractivity contribution >= 4 is 46.6 Å². The largest absolute Gasteiger partial charge is 0.342 e. The van der Waals surface area contributed by atoms with Crippen molar-refractivity contribution in [2.45, 2.75) is 30.8 Å². The fourth-order valence-corrected chi connectivity index (χ4v) is 5.06. The molecule has 0 radical (unpaired) electrons. The summed E-state index contributed by atoms with van der Waals surface area (Å²) in [6, 6.07) is 18.1. The van der Waals surface area contributed by atoms with Gasteiger partial charge in [-0.2, -0.15) is 0 Å². The van der Waals surface area contributed by atoms with E-state index in [-0.39, 0.29) is 11.3 Å². The first-order valence-electron chi connectivity index (χ1n) is 10.9. The average molecular weight is 542 g/mol. The molecule has 0 aliphatic carbocycles. The summed E-state index contributed by atoms with van der Waals surface area (Å²) in [6.45, 7) is 3.83. The van der Waals surface area contributed by atoms with Crippen molar-refractivity contribution in [3.8, 4) is 5.69 Å². The number of aromatic nitrogens is 3. The van der Waals surface area contributed by atoms with Gasteiger partial charge >= 0.3 is 0 Å². The van der Waals surface area contributed by atoms with Crippen LogP contribution in [0.4, 0.5) is 5.69 Å². The van der Waals surface area contributed by atoms with Crippen LogP contribution < -0.4 is 5.32 Å². The number of nitrogens with one attached hydrogen (secondary N) is 1. The third-order valence-electron chi connectivity index (χ3n) is 5.50. The molecule has 0 aliphatic rings. The highest BCUT2D eigenvalue weighted by Crippen LogP contribution is 2.32. The van der Waals surface area contributed by atoms with Crippen LogP contribution in [0.15, 0.2) is 71.9 Å². The predicted molar refractivity (Wildman–Crippen MR) is 141 cm³/mol. The number of nitro groups is 1. The fraction of sp³-hybridized carbons (Fsp3) is 0.160. The monoisotopic (exact) mass is 541 g/mol. The predicted octanol–water partition coefficient (Wildman–Crippen LogP) is 6.57. The van der Waals surface area contributed by atoms with Crippen molar-refractivity contribution < 1.29 is 9.72 Å². The van der Waals surface area contributed by atoms with Crippen LogP contribution in [0.2, 0.25) is 10.0 Å². The molecule has 0 saturated carbocycles. The molecule has 4 aromatic rings. The lowest BCUT2D eigenvalue weighted by atomic mass is 10.1. The van der Waals surface area contributed by atoms with Crippen LogP contribution in [-0.4, -0.2) is 25.6 Å². The minimum absolute atomic E-state index is 0.0907. The molecule has 1 atom stereocenters. The first-order valence-corrected chi connectivity index (χ1v) is 12.6. The molecule has 1 unspecified atom stereocenters. The number of benzene rings is 3. The zero-order valence-corrected chi connectivity index (χ0v) is 21.6. The first kappa shape index (κ1) is 25.7. The molecule has 184 valence electrons. The number of nitrogens with zero attached hydrogens (tertiary/aromatic N) is 4. The molecule has 1 amide bonds. The maximum absolute atomic E-state index is 12.8. The Kier molecular flexibility index (Phi) is 7.93. The number of hydrogen-bond acceptors (Lipinski definition) is 6. The number of non-ortho nitro benzene ring substituents is 1. The van der Waals surface area contributed by atoms with Crippen LogP contribution in [0.3, 0.4) is 0 Å². The van der Waals surface area contributed by atoms with E-state index in [0.29, 0.717) is 32.5 Å². The van der Waals surface area contributed by atoms with E-state index < -0.39 is 16.9 Å². The van der Waals surface area contributed by atoms with E-state index in [2.05, 4.69) is 34.6 Å². The van der Waals surface area contributed by atoms with Gasteiger partial charge in [0.05, 0.1) is 21.7 Å². The van der Waals surface area contributed by atoms with Gasteiger partial charge in [-0.25, -0.2) is 0 Å². The van der Waals surface area contributed by atoms with Gasteiger partial charge < -0.3 is 5.32 Å². The van der Waals surface area contributed by atoms with E-state index in [0.717, 1.165) is 0 Å². The van der Waals surface area contributed by atoms with E-state index >= 15 is 0 Å². The van der Waals surface area contributed by atoms with Gasteiger partial charge in [0.1, 0.15) is 0 Å². The van der Waals surface area contributed by atoms with Gasteiger partial charge in [-0.1, -0.05) is 59.2 Å². The molecule has 0 bridgehead atoms. The Morgan fingerprint density at radius 2 is 1.83 bits per heavy atom. The third kappa shape index (κ3) is 5.70. The van der Waals surface area contributed by atoms with E-state index in [1.807, 2.05) is 16.7 Å². The molecular weight excluding hydrogens is 521 g/mol. The summed E-state index contributed by atoms with van der Waals surface area (Å²) in [5.41, 5.74) is 3.17. The van der Waals surface area contributed by atoms with Crippen molar-refractivity contribution in [2.24, 2.45) is 0 Å². The van der Waals surface area contributed by atoms with Crippen LogP contribution in [0.1, 0.15) is 40.3 Å². The van der Waals surface area contributed by atoms with Gasteiger partial charge in [0.15, 0.2) is 11.0 Å². The molecule has 0 aliphatic heterocycles. The van der Waals surface area contributed by atoms with Crippen LogP contribution >= 0.6 is 35.0 Å². The lowest BCUT2D eigenvalue weighted by Crippen LogP contribution is -2.28. The smallest absolute Gasteiger partial charge is 0.269 e. The van der Waals surface area contributed by atoms with Crippen molar-refractivity contribution in [3.05, 3.63) is 109 Å². The minimum atomic E-state index is -0.556. The Bertz CT molecular complexity index is 1430. The average Bonchev–Trinajstić information content (AvgIpc) is 3.27. The van der Waals surface area contributed by atoms with Gasteiger partial charge in [-0.05, 0) is 55.3 Å². The Morgan fingerprint density at radius 1 is 1.11 bits per heavy atom. The van der Waals surface area contributed by atoms with Crippen molar-refractivity contribution in [2.75, 3.05) is 0 Å². The van der Waals surface area contributed by atoms with Crippen LogP contribution in [0.25, 0.3) is 5.69 Å². The third-order valence-corrected chi connectivity index (χ3v) is 7.02. The van der Waals surface area contributed by atoms with Crippen molar-refractivity contribution in [1.29, 1.82) is 0 Å². The summed E-state index contributed by atoms with van der Waals surface area (Å²) in [4.78, 5) is 23.2. The second-order valence-electron chi connectivity index (χ2n) is 7.99. The number of amides is 1. The number of nitro benzene ring substituents is 1. The second-order valence-corrected chi connectivity index (χ2v) is 9.77. The Hall–Kier alpha value is -3.40. The SMILES string of the molecule is Cc1ccccc1CSc1nnc(C(C)NC(=O)c2ccc([N+](=O)[O-])cc2)n1-c1ccc(Cl)cc1Cl. The highest BCUT2D eigenvalue weighted by atomic mass is 35.5. The maximum Gasteiger partial charge on any atom is 0.269 e. The molecule has 11 heteroatoms. The minimum Gasteiger partial charge on any atom is -0.342 e. The highest BCUT2D eigenvalue weighted by molar-refractivity contribution is 7.98. The molecule has 1 heterocycles. The standard InChI is InChI=1S/C25H21Cl2N5O3S/c1-15-5-3-4-6-18(15)14-36-25-30-29-23(31(25)22-12-9-19(26)13-21(22)27)16(2)28-24(33)17-7-10-20(11-8-17)32(34)35/h3-13,16H,14H2,1-2H3,(H,28,33). The Morgan fingerprint density at radius 3 is 2.50 bits per heavy atom. The zero-order chi connectivity index (χ0) is 25.8.